The normalized spacial score (nSPS) is 18.1. The minimum absolute atomic E-state index is 0.0146. The van der Waals surface area contributed by atoms with Crippen LogP contribution in [-0.4, -0.2) is 90.2 Å². The van der Waals surface area contributed by atoms with Crippen molar-refractivity contribution in [1.82, 2.24) is 18.8 Å². The molecule has 1 aliphatic rings. The number of methoxy groups -OCH3 is 1. The number of aryl methyl sites for hydroxylation is 1. The molecule has 3 amide bonds. The van der Waals surface area contributed by atoms with Crippen molar-refractivity contribution >= 4 is 33.3 Å². The van der Waals surface area contributed by atoms with E-state index in [-0.39, 0.29) is 43.0 Å². The van der Waals surface area contributed by atoms with E-state index in [2.05, 4.69) is 15.6 Å². The number of carbonyl (C=O) groups excluding carboxylic acids is 2. The van der Waals surface area contributed by atoms with Gasteiger partial charge in [-0.3, -0.25) is 4.79 Å². The van der Waals surface area contributed by atoms with Gasteiger partial charge in [-0.15, -0.1) is 0 Å². The summed E-state index contributed by atoms with van der Waals surface area (Å²) in [6, 6.07) is 10.9. The van der Waals surface area contributed by atoms with Gasteiger partial charge in [0.25, 0.3) is 10.0 Å². The number of aliphatic hydroxyl groups is 1. The van der Waals surface area contributed by atoms with Crippen molar-refractivity contribution in [3.8, 4) is 11.5 Å². The van der Waals surface area contributed by atoms with Crippen LogP contribution in [0.25, 0.3) is 0 Å². The second-order valence-electron chi connectivity index (χ2n) is 10.7. The Morgan fingerprint density at radius 3 is 2.51 bits per heavy atom. The van der Waals surface area contributed by atoms with Crippen molar-refractivity contribution in [2.75, 3.05) is 44.5 Å². The summed E-state index contributed by atoms with van der Waals surface area (Å²) in [5, 5.41) is 15.3. The molecule has 13 nitrogen and oxygen atoms in total. The second kappa shape index (κ2) is 13.4. The fourth-order valence-corrected chi connectivity index (χ4v) is 5.87. The Bertz CT molecular complexity index is 1540. The highest BCUT2D eigenvalue weighted by Gasteiger charge is 2.34. The zero-order chi connectivity index (χ0) is 31.3. The Morgan fingerprint density at radius 2 is 1.88 bits per heavy atom. The van der Waals surface area contributed by atoms with Gasteiger partial charge in [0.1, 0.15) is 17.6 Å². The smallest absolute Gasteiger partial charge is 0.323 e. The highest BCUT2D eigenvalue weighted by molar-refractivity contribution is 7.89. The molecule has 14 heteroatoms. The molecule has 4 rings (SSSR count). The lowest BCUT2D eigenvalue weighted by atomic mass is 10.0. The van der Waals surface area contributed by atoms with E-state index >= 15 is 0 Å². The van der Waals surface area contributed by atoms with E-state index in [4.69, 9.17) is 9.47 Å². The maximum Gasteiger partial charge on any atom is 0.323 e. The van der Waals surface area contributed by atoms with Gasteiger partial charge in [-0.05, 0) is 49.4 Å². The molecular weight excluding hydrogens is 576 g/mol. The number of fused-ring (bicyclic) bond motifs is 1. The Kier molecular flexibility index (Phi) is 9.94. The molecular formula is C29H38N6O7S. The molecule has 1 aliphatic heterocycles. The Labute approximate surface area is 251 Å². The fourth-order valence-electron chi connectivity index (χ4n) is 4.73. The number of likely N-dealkylation sites (N-methyl/N-ethyl adjacent to an activating group) is 1. The quantitative estimate of drug-likeness (QED) is 0.332. The molecule has 3 aromatic rings. The first kappa shape index (κ1) is 31.8. The number of amides is 3. The number of aliphatic hydroxyl groups excluding tert-OH is 1. The molecule has 3 N–H and O–H groups in total. The summed E-state index contributed by atoms with van der Waals surface area (Å²) in [5.74, 6) is 0.519. The fraction of sp³-hybridized carbons (Fsp3) is 0.414. The van der Waals surface area contributed by atoms with Crippen LogP contribution in [0.1, 0.15) is 19.4 Å². The molecule has 232 valence electrons. The number of ether oxygens (including phenoxy) is 2. The average molecular weight is 615 g/mol. The summed E-state index contributed by atoms with van der Waals surface area (Å²) in [7, 11) is 0.798. The van der Waals surface area contributed by atoms with E-state index in [0.29, 0.717) is 28.4 Å². The van der Waals surface area contributed by atoms with Gasteiger partial charge in [0.15, 0.2) is 5.03 Å². The molecule has 0 radical (unpaired) electrons. The number of imidazole rings is 1. The van der Waals surface area contributed by atoms with Gasteiger partial charge in [0.2, 0.25) is 5.91 Å². The van der Waals surface area contributed by atoms with Crippen LogP contribution < -0.4 is 20.1 Å². The summed E-state index contributed by atoms with van der Waals surface area (Å²) in [4.78, 5) is 31.7. The third-order valence-electron chi connectivity index (χ3n) is 7.32. The van der Waals surface area contributed by atoms with E-state index < -0.39 is 28.2 Å². The molecule has 0 spiro atoms. The molecule has 0 aliphatic carbocycles. The zero-order valence-electron chi connectivity index (χ0n) is 24.9. The Morgan fingerprint density at radius 1 is 1.21 bits per heavy atom. The number of benzene rings is 2. The summed E-state index contributed by atoms with van der Waals surface area (Å²) in [6.07, 6.45) is 2.14. The van der Waals surface area contributed by atoms with E-state index in [0.717, 1.165) is 0 Å². The molecule has 3 atom stereocenters. The predicted octanol–water partition coefficient (Wildman–Crippen LogP) is 2.54. The standard InChI is InChI=1S/C29H38N6O7S/c1-19-14-35(20(2)17-36)28(37)13-21-12-23(32-29(38)31-22-6-9-24(41-5)10-7-22)8-11-25(21)42-26(19)15-34(4)43(39,40)27-16-33(3)18-30-27/h6-12,16,18-20,26,36H,13-15,17H2,1-5H3,(H2,31,32,38)/t19-,20+,26+/m1/s1. The molecule has 0 saturated heterocycles. The largest absolute Gasteiger partial charge is 0.497 e. The number of carbonyl (C=O) groups is 2. The predicted molar refractivity (Wildman–Crippen MR) is 161 cm³/mol. The van der Waals surface area contributed by atoms with Gasteiger partial charge in [-0.25, -0.2) is 18.2 Å². The van der Waals surface area contributed by atoms with Crippen LogP contribution in [0.3, 0.4) is 0 Å². The lowest BCUT2D eigenvalue weighted by Crippen LogP contribution is -2.48. The first-order valence-corrected chi connectivity index (χ1v) is 15.2. The van der Waals surface area contributed by atoms with Gasteiger partial charge in [0, 0.05) is 49.7 Å². The van der Waals surface area contributed by atoms with E-state index in [9.17, 15) is 23.1 Å². The van der Waals surface area contributed by atoms with Crippen LogP contribution in [0.2, 0.25) is 0 Å². The van der Waals surface area contributed by atoms with Crippen LogP contribution in [0.15, 0.2) is 60.0 Å². The molecule has 0 bridgehead atoms. The molecule has 0 fully saturated rings. The molecule has 0 saturated carbocycles. The minimum Gasteiger partial charge on any atom is -0.497 e. The van der Waals surface area contributed by atoms with Crippen molar-refractivity contribution in [2.24, 2.45) is 13.0 Å². The van der Waals surface area contributed by atoms with Crippen LogP contribution in [-0.2, 0) is 28.3 Å². The van der Waals surface area contributed by atoms with E-state index in [1.807, 2.05) is 6.92 Å². The van der Waals surface area contributed by atoms with E-state index in [1.54, 1.807) is 73.0 Å². The number of sulfonamides is 1. The maximum atomic E-state index is 13.5. The van der Waals surface area contributed by atoms with Gasteiger partial charge in [-0.2, -0.15) is 4.31 Å². The highest BCUT2D eigenvalue weighted by atomic mass is 32.2. The number of nitrogens with zero attached hydrogens (tertiary/aromatic N) is 4. The zero-order valence-corrected chi connectivity index (χ0v) is 25.7. The van der Waals surface area contributed by atoms with Crippen molar-refractivity contribution in [1.29, 1.82) is 0 Å². The number of anilines is 2. The van der Waals surface area contributed by atoms with Crippen LogP contribution in [0.4, 0.5) is 16.2 Å². The summed E-state index contributed by atoms with van der Waals surface area (Å²) in [6.45, 7) is 3.61. The number of aromatic nitrogens is 2. The SMILES string of the molecule is COc1ccc(NC(=O)Nc2ccc3c(c2)CC(=O)N([C@@H](C)CO)C[C@@H](C)[C@H](CN(C)S(=O)(=O)c2cn(C)cn2)O3)cc1. The monoisotopic (exact) mass is 614 g/mol. The molecule has 1 aromatic heterocycles. The molecule has 2 aromatic carbocycles. The van der Waals surface area contributed by atoms with Gasteiger partial charge >= 0.3 is 6.03 Å². The minimum atomic E-state index is -3.90. The molecule has 0 unspecified atom stereocenters. The third-order valence-corrected chi connectivity index (χ3v) is 9.02. The number of hydrogen-bond acceptors (Lipinski definition) is 8. The van der Waals surface area contributed by atoms with Crippen molar-refractivity contribution in [3.63, 3.8) is 0 Å². The van der Waals surface area contributed by atoms with Crippen LogP contribution in [0, 0.1) is 5.92 Å². The van der Waals surface area contributed by atoms with Gasteiger partial charge in [0.05, 0.1) is 39.1 Å². The Hall–Kier alpha value is -4.14. The summed E-state index contributed by atoms with van der Waals surface area (Å²) in [5.41, 5.74) is 1.51. The second-order valence-corrected chi connectivity index (χ2v) is 12.7. The van der Waals surface area contributed by atoms with Gasteiger partial charge in [-0.1, -0.05) is 6.92 Å². The molecule has 2 heterocycles. The van der Waals surface area contributed by atoms with Gasteiger partial charge < -0.3 is 34.7 Å². The van der Waals surface area contributed by atoms with Crippen molar-refractivity contribution < 1.29 is 32.6 Å². The summed E-state index contributed by atoms with van der Waals surface area (Å²) >= 11 is 0. The number of nitrogens with one attached hydrogen (secondary N) is 2. The van der Waals surface area contributed by atoms with Crippen LogP contribution >= 0.6 is 0 Å². The number of hydrogen-bond donors (Lipinski definition) is 3. The Balaban J connectivity index is 1.59. The van der Waals surface area contributed by atoms with Crippen molar-refractivity contribution in [2.45, 2.75) is 37.4 Å². The van der Waals surface area contributed by atoms with Crippen LogP contribution in [0.5, 0.6) is 11.5 Å². The maximum absolute atomic E-state index is 13.5. The average Bonchev–Trinajstić information content (AvgIpc) is 3.44. The lowest BCUT2D eigenvalue weighted by molar-refractivity contribution is -0.134. The first-order chi connectivity index (χ1) is 20.4. The van der Waals surface area contributed by atoms with Crippen molar-refractivity contribution in [3.05, 3.63) is 60.6 Å². The number of urea groups is 1. The topological polar surface area (TPSA) is 155 Å². The first-order valence-electron chi connectivity index (χ1n) is 13.8. The van der Waals surface area contributed by atoms with E-state index in [1.165, 1.54) is 23.9 Å². The lowest BCUT2D eigenvalue weighted by Gasteiger charge is -2.33. The summed E-state index contributed by atoms with van der Waals surface area (Å²) < 4.78 is 40.7. The number of rotatable bonds is 9. The molecule has 43 heavy (non-hydrogen) atoms. The third kappa shape index (κ3) is 7.63. The highest BCUT2D eigenvalue weighted by Crippen LogP contribution is 2.30.